The second-order valence-corrected chi connectivity index (χ2v) is 3.51. The van der Waals surface area contributed by atoms with Crippen molar-refractivity contribution >= 4 is 11.8 Å². The molecular formula is C12H15NO4. The molecule has 0 spiro atoms. The fourth-order valence-electron chi connectivity index (χ4n) is 1.22. The zero-order valence-corrected chi connectivity index (χ0v) is 9.33. The van der Waals surface area contributed by atoms with Gasteiger partial charge in [0.05, 0.1) is 6.61 Å². The summed E-state index contributed by atoms with van der Waals surface area (Å²) in [6.07, 6.45) is -0.137. The molecule has 1 aromatic carbocycles. The number of esters is 1. The van der Waals surface area contributed by atoms with Gasteiger partial charge in [0.25, 0.3) is 0 Å². The average Bonchev–Trinajstić information content (AvgIpc) is 2.36. The lowest BCUT2D eigenvalue weighted by Gasteiger charge is -2.09. The van der Waals surface area contributed by atoms with Gasteiger partial charge < -0.3 is 15.6 Å². The number of aliphatic hydroxyl groups is 1. The van der Waals surface area contributed by atoms with Crippen molar-refractivity contribution in [3.05, 3.63) is 35.9 Å². The predicted molar refractivity (Wildman–Crippen MR) is 60.9 cm³/mol. The Bertz CT molecular complexity index is 377. The summed E-state index contributed by atoms with van der Waals surface area (Å²) in [7, 11) is 0. The standard InChI is InChI=1S/C12H15NO4/c13-11(10(15)6-7-14)12(16)17-8-9-4-2-1-3-5-9/h1-5,11,14H,6-8,13H2. The lowest BCUT2D eigenvalue weighted by Crippen LogP contribution is -2.40. The van der Waals surface area contributed by atoms with Crippen LogP contribution in [-0.2, 0) is 20.9 Å². The molecule has 92 valence electrons. The van der Waals surface area contributed by atoms with E-state index >= 15 is 0 Å². The van der Waals surface area contributed by atoms with E-state index in [-0.39, 0.29) is 19.6 Å². The van der Waals surface area contributed by atoms with Crippen molar-refractivity contribution in [1.82, 2.24) is 0 Å². The van der Waals surface area contributed by atoms with Crippen molar-refractivity contribution in [3.63, 3.8) is 0 Å². The number of ether oxygens (including phenoxy) is 1. The number of nitrogens with two attached hydrogens (primary N) is 1. The highest BCUT2D eigenvalue weighted by Gasteiger charge is 2.22. The number of hydrogen-bond donors (Lipinski definition) is 2. The zero-order valence-electron chi connectivity index (χ0n) is 9.33. The molecule has 0 aliphatic carbocycles. The maximum atomic E-state index is 11.4. The minimum Gasteiger partial charge on any atom is -0.459 e. The van der Waals surface area contributed by atoms with Gasteiger partial charge in [-0.15, -0.1) is 0 Å². The summed E-state index contributed by atoms with van der Waals surface area (Å²) in [5, 5.41) is 8.55. The van der Waals surface area contributed by atoms with Gasteiger partial charge in [-0.1, -0.05) is 30.3 Å². The Kier molecular flexibility index (Phi) is 5.32. The highest BCUT2D eigenvalue weighted by Crippen LogP contribution is 2.02. The molecule has 0 saturated carbocycles. The number of Topliss-reactive ketones (excluding diaryl/α,β-unsaturated/α-hetero) is 1. The Morgan fingerprint density at radius 2 is 1.94 bits per heavy atom. The third-order valence-corrected chi connectivity index (χ3v) is 2.18. The van der Waals surface area contributed by atoms with E-state index in [1.807, 2.05) is 18.2 Å². The van der Waals surface area contributed by atoms with Gasteiger partial charge in [-0.05, 0) is 5.56 Å². The summed E-state index contributed by atoms with van der Waals surface area (Å²) >= 11 is 0. The van der Waals surface area contributed by atoms with Crippen molar-refractivity contribution in [3.8, 4) is 0 Å². The highest BCUT2D eigenvalue weighted by atomic mass is 16.5. The van der Waals surface area contributed by atoms with Crippen LogP contribution >= 0.6 is 0 Å². The first-order valence-corrected chi connectivity index (χ1v) is 5.25. The molecular weight excluding hydrogens is 222 g/mol. The Hall–Kier alpha value is -1.72. The molecule has 5 heteroatoms. The van der Waals surface area contributed by atoms with Gasteiger partial charge in [0.1, 0.15) is 6.61 Å². The van der Waals surface area contributed by atoms with Gasteiger partial charge in [0.15, 0.2) is 11.8 Å². The topological polar surface area (TPSA) is 89.6 Å². The lowest BCUT2D eigenvalue weighted by atomic mass is 10.1. The second kappa shape index (κ2) is 6.78. The van der Waals surface area contributed by atoms with E-state index in [2.05, 4.69) is 0 Å². The predicted octanol–water partition coefficient (Wildman–Crippen LogP) is 0.00860. The van der Waals surface area contributed by atoms with Gasteiger partial charge in [-0.3, -0.25) is 4.79 Å². The third-order valence-electron chi connectivity index (χ3n) is 2.18. The van der Waals surface area contributed by atoms with Crippen LogP contribution in [0.15, 0.2) is 30.3 Å². The Balaban J connectivity index is 2.42. The van der Waals surface area contributed by atoms with Crippen molar-refractivity contribution < 1.29 is 19.4 Å². The zero-order chi connectivity index (χ0) is 12.7. The van der Waals surface area contributed by atoms with Gasteiger partial charge in [-0.2, -0.15) is 0 Å². The first-order chi connectivity index (χ1) is 8.15. The number of benzene rings is 1. The van der Waals surface area contributed by atoms with Gasteiger partial charge in [0, 0.05) is 6.42 Å². The molecule has 1 rings (SSSR count). The number of ketones is 1. The fraction of sp³-hybridized carbons (Fsp3) is 0.333. The second-order valence-electron chi connectivity index (χ2n) is 3.51. The molecule has 0 bridgehead atoms. The van der Waals surface area contributed by atoms with E-state index < -0.39 is 17.8 Å². The summed E-state index contributed by atoms with van der Waals surface area (Å²) < 4.78 is 4.89. The number of carbonyl (C=O) groups is 2. The number of aliphatic hydroxyl groups excluding tert-OH is 1. The van der Waals surface area contributed by atoms with E-state index in [0.29, 0.717) is 0 Å². The molecule has 3 N–H and O–H groups in total. The molecule has 0 amide bonds. The normalized spacial score (nSPS) is 11.9. The van der Waals surface area contributed by atoms with Crippen LogP contribution in [0.5, 0.6) is 0 Å². The number of rotatable bonds is 6. The van der Waals surface area contributed by atoms with Crippen LogP contribution in [0, 0.1) is 0 Å². The van der Waals surface area contributed by atoms with Gasteiger partial charge in [-0.25, -0.2) is 4.79 Å². The quantitative estimate of drug-likeness (QED) is 0.537. The first-order valence-electron chi connectivity index (χ1n) is 5.25. The molecule has 1 atom stereocenters. The minimum atomic E-state index is -1.31. The number of carbonyl (C=O) groups excluding carboxylic acids is 2. The summed E-state index contributed by atoms with van der Waals surface area (Å²) in [5.41, 5.74) is 6.20. The first kappa shape index (κ1) is 13.3. The third kappa shape index (κ3) is 4.34. The smallest absolute Gasteiger partial charge is 0.331 e. The monoisotopic (exact) mass is 237 g/mol. The molecule has 0 fully saturated rings. The molecule has 17 heavy (non-hydrogen) atoms. The SMILES string of the molecule is NC(C(=O)CCO)C(=O)OCc1ccccc1. The number of hydrogen-bond acceptors (Lipinski definition) is 5. The molecule has 5 nitrogen and oxygen atoms in total. The maximum absolute atomic E-state index is 11.4. The van der Waals surface area contributed by atoms with Crippen molar-refractivity contribution in [2.75, 3.05) is 6.61 Å². The Morgan fingerprint density at radius 3 is 2.53 bits per heavy atom. The van der Waals surface area contributed by atoms with Crippen LogP contribution in [0.25, 0.3) is 0 Å². The lowest BCUT2D eigenvalue weighted by molar-refractivity contribution is -0.149. The van der Waals surface area contributed by atoms with Crippen LogP contribution in [-0.4, -0.2) is 29.5 Å². The fourth-order valence-corrected chi connectivity index (χ4v) is 1.22. The van der Waals surface area contributed by atoms with Gasteiger partial charge in [0.2, 0.25) is 0 Å². The van der Waals surface area contributed by atoms with Crippen LogP contribution in [0.4, 0.5) is 0 Å². The molecule has 0 aliphatic rings. The summed E-state index contributed by atoms with van der Waals surface area (Å²) in [4.78, 5) is 22.6. The van der Waals surface area contributed by atoms with Crippen molar-refractivity contribution in [2.24, 2.45) is 5.73 Å². The molecule has 1 unspecified atom stereocenters. The van der Waals surface area contributed by atoms with Crippen LogP contribution < -0.4 is 5.73 Å². The molecule has 0 aromatic heterocycles. The summed E-state index contributed by atoms with van der Waals surface area (Å²) in [5.74, 6) is -1.29. The van der Waals surface area contributed by atoms with Crippen LogP contribution in [0.3, 0.4) is 0 Å². The van der Waals surface area contributed by atoms with Crippen LogP contribution in [0.1, 0.15) is 12.0 Å². The van der Waals surface area contributed by atoms with Gasteiger partial charge >= 0.3 is 5.97 Å². The Labute approximate surface area is 99.2 Å². The van der Waals surface area contributed by atoms with E-state index in [0.717, 1.165) is 5.56 Å². The molecule has 0 aliphatic heterocycles. The molecule has 1 aromatic rings. The average molecular weight is 237 g/mol. The van der Waals surface area contributed by atoms with E-state index in [9.17, 15) is 9.59 Å². The van der Waals surface area contributed by atoms with E-state index in [4.69, 9.17) is 15.6 Å². The van der Waals surface area contributed by atoms with E-state index in [1.165, 1.54) is 0 Å². The minimum absolute atomic E-state index is 0.0831. The molecule has 0 heterocycles. The molecule has 0 radical (unpaired) electrons. The maximum Gasteiger partial charge on any atom is 0.331 e. The molecule has 0 saturated heterocycles. The summed E-state index contributed by atoms with van der Waals surface area (Å²) in [6, 6.07) is 7.77. The Morgan fingerprint density at radius 1 is 1.29 bits per heavy atom. The largest absolute Gasteiger partial charge is 0.459 e. The summed E-state index contributed by atoms with van der Waals surface area (Å²) in [6.45, 7) is -0.238. The van der Waals surface area contributed by atoms with Crippen molar-refractivity contribution in [2.45, 2.75) is 19.1 Å². The van der Waals surface area contributed by atoms with Crippen LogP contribution in [0.2, 0.25) is 0 Å². The van der Waals surface area contributed by atoms with Crippen molar-refractivity contribution in [1.29, 1.82) is 0 Å². The highest BCUT2D eigenvalue weighted by molar-refractivity contribution is 6.02. The van der Waals surface area contributed by atoms with E-state index in [1.54, 1.807) is 12.1 Å².